The van der Waals surface area contributed by atoms with Gasteiger partial charge in [-0.3, -0.25) is 0 Å². The molecule has 0 saturated heterocycles. The maximum Gasteiger partial charge on any atom is 0.148 e. The Kier molecular flexibility index (Phi) is 5.70. The van der Waals surface area contributed by atoms with Crippen molar-refractivity contribution in [3.05, 3.63) is 121 Å². The van der Waals surface area contributed by atoms with Crippen LogP contribution in [-0.4, -0.2) is 17.6 Å². The van der Waals surface area contributed by atoms with Crippen LogP contribution in [0.1, 0.15) is 6.92 Å². The summed E-state index contributed by atoms with van der Waals surface area (Å²) >= 11 is 0. The Balaban J connectivity index is 1.95. The fourth-order valence-corrected chi connectivity index (χ4v) is 12.7. The summed E-state index contributed by atoms with van der Waals surface area (Å²) in [5.41, 5.74) is 0. The summed E-state index contributed by atoms with van der Waals surface area (Å²) in [7, 11) is -1.43. The molecule has 136 valence electrons. The molecule has 0 amide bonds. The SMILES string of the molecule is CC([Si]c1ccccc1)[Si](c1ccccc1)(c1ccccc1)c1ccccc1. The lowest BCUT2D eigenvalue weighted by atomic mass is 10.3. The minimum atomic E-state index is -2.20. The van der Waals surface area contributed by atoms with Crippen LogP contribution in [0, 0.1) is 0 Å². The van der Waals surface area contributed by atoms with Crippen LogP contribution < -0.4 is 20.7 Å². The predicted octanol–water partition coefficient (Wildman–Crippen LogP) is 3.53. The smallest absolute Gasteiger partial charge is 0.0665 e. The van der Waals surface area contributed by atoms with E-state index in [-0.39, 0.29) is 0 Å². The minimum absolute atomic E-state index is 0.544. The van der Waals surface area contributed by atoms with E-state index in [4.69, 9.17) is 0 Å². The summed E-state index contributed by atoms with van der Waals surface area (Å²) in [6, 6.07) is 44.6. The first kappa shape index (κ1) is 18.7. The maximum absolute atomic E-state index is 2.46. The van der Waals surface area contributed by atoms with Gasteiger partial charge >= 0.3 is 0 Å². The third-order valence-corrected chi connectivity index (χ3v) is 13.4. The standard InChI is InChI=1S/C26H24Si2/c1-22(27-23-14-6-2-7-15-23)28(24-16-8-3-9-17-24,25-18-10-4-11-19-25)26-20-12-5-13-21-26/h2-22H,1H3. The second-order valence-electron chi connectivity index (χ2n) is 7.14. The van der Waals surface area contributed by atoms with Crippen molar-refractivity contribution in [2.75, 3.05) is 0 Å². The molecule has 0 N–H and O–H groups in total. The molecule has 0 aliphatic heterocycles. The van der Waals surface area contributed by atoms with Crippen LogP contribution in [0.15, 0.2) is 121 Å². The summed E-state index contributed by atoms with van der Waals surface area (Å²) in [4.78, 5) is 0. The average Bonchev–Trinajstić information content (AvgIpc) is 2.77. The van der Waals surface area contributed by atoms with E-state index in [1.54, 1.807) is 0 Å². The van der Waals surface area contributed by atoms with Gasteiger partial charge in [-0.2, -0.15) is 0 Å². The van der Waals surface area contributed by atoms with Gasteiger partial charge in [0, 0.05) is 0 Å². The van der Waals surface area contributed by atoms with Gasteiger partial charge in [0.15, 0.2) is 0 Å². The topological polar surface area (TPSA) is 0 Å². The van der Waals surface area contributed by atoms with Gasteiger partial charge < -0.3 is 0 Å². The number of hydrogen-bond donors (Lipinski definition) is 0. The van der Waals surface area contributed by atoms with E-state index in [0.29, 0.717) is 5.16 Å². The number of benzene rings is 4. The normalized spacial score (nSPS) is 12.5. The second kappa shape index (κ2) is 8.55. The average molecular weight is 393 g/mol. The highest BCUT2D eigenvalue weighted by atomic mass is 28.4. The van der Waals surface area contributed by atoms with Crippen LogP contribution in [0.5, 0.6) is 0 Å². The van der Waals surface area contributed by atoms with E-state index < -0.39 is 8.07 Å². The largest absolute Gasteiger partial charge is 0.148 e. The zero-order chi connectivity index (χ0) is 19.2. The third-order valence-electron chi connectivity index (χ3n) is 5.49. The molecule has 0 heterocycles. The lowest BCUT2D eigenvalue weighted by molar-refractivity contribution is 1.28. The molecule has 0 spiro atoms. The van der Waals surface area contributed by atoms with Crippen molar-refractivity contribution in [2.24, 2.45) is 0 Å². The van der Waals surface area contributed by atoms with Gasteiger partial charge in [0.25, 0.3) is 0 Å². The predicted molar refractivity (Wildman–Crippen MR) is 125 cm³/mol. The van der Waals surface area contributed by atoms with E-state index in [2.05, 4.69) is 128 Å². The molecule has 2 radical (unpaired) electrons. The molecular formula is C26H24Si2. The Labute approximate surface area is 171 Å². The molecule has 0 bridgehead atoms. The van der Waals surface area contributed by atoms with Crippen molar-refractivity contribution >= 4 is 38.3 Å². The Bertz CT molecular complexity index is 887. The molecule has 2 heteroatoms. The van der Waals surface area contributed by atoms with Gasteiger partial charge in [0.2, 0.25) is 0 Å². The van der Waals surface area contributed by atoms with E-state index in [0.717, 1.165) is 9.52 Å². The van der Waals surface area contributed by atoms with Crippen molar-refractivity contribution < 1.29 is 0 Å². The summed E-state index contributed by atoms with van der Waals surface area (Å²) in [5.74, 6) is 0. The third kappa shape index (κ3) is 3.53. The Hall–Kier alpha value is -2.69. The fraction of sp³-hybridized carbons (Fsp3) is 0.0769. The fourth-order valence-electron chi connectivity index (χ4n) is 4.25. The van der Waals surface area contributed by atoms with Crippen molar-refractivity contribution in [1.82, 2.24) is 0 Å². The van der Waals surface area contributed by atoms with E-state index in [1.807, 2.05) is 0 Å². The number of hydrogen-bond acceptors (Lipinski definition) is 0. The molecule has 0 aliphatic rings. The molecule has 0 aliphatic carbocycles. The van der Waals surface area contributed by atoms with Gasteiger partial charge in [-0.1, -0.05) is 133 Å². The van der Waals surface area contributed by atoms with Crippen LogP contribution >= 0.6 is 0 Å². The Morgan fingerprint density at radius 1 is 0.500 bits per heavy atom. The lowest BCUT2D eigenvalue weighted by Crippen LogP contribution is -2.70. The maximum atomic E-state index is 2.46. The monoisotopic (exact) mass is 392 g/mol. The van der Waals surface area contributed by atoms with Gasteiger partial charge in [-0.15, -0.1) is 0 Å². The van der Waals surface area contributed by atoms with Crippen molar-refractivity contribution in [3.63, 3.8) is 0 Å². The van der Waals surface area contributed by atoms with Crippen molar-refractivity contribution in [1.29, 1.82) is 0 Å². The second-order valence-corrected chi connectivity index (χ2v) is 13.7. The Morgan fingerprint density at radius 3 is 1.18 bits per heavy atom. The first-order valence-electron chi connectivity index (χ1n) is 9.80. The molecule has 1 atom stereocenters. The van der Waals surface area contributed by atoms with Crippen LogP contribution in [0.25, 0.3) is 0 Å². The summed E-state index contributed by atoms with van der Waals surface area (Å²) in [6.45, 7) is 2.46. The van der Waals surface area contributed by atoms with Crippen LogP contribution in [0.3, 0.4) is 0 Å². The number of rotatable bonds is 6. The molecule has 4 aromatic rings. The zero-order valence-electron chi connectivity index (χ0n) is 16.1. The molecule has 4 aromatic carbocycles. The molecule has 4 rings (SSSR count). The first-order valence-corrected chi connectivity index (χ1v) is 13.0. The van der Waals surface area contributed by atoms with Gasteiger partial charge in [0.1, 0.15) is 8.07 Å². The highest BCUT2D eigenvalue weighted by Crippen LogP contribution is 2.21. The summed E-state index contributed by atoms with van der Waals surface area (Å²) < 4.78 is 0. The molecule has 0 nitrogen and oxygen atoms in total. The molecular weight excluding hydrogens is 368 g/mol. The summed E-state index contributed by atoms with van der Waals surface area (Å²) in [6.07, 6.45) is 0. The highest BCUT2D eigenvalue weighted by molar-refractivity contribution is 7.16. The van der Waals surface area contributed by atoms with Gasteiger partial charge in [-0.25, -0.2) is 0 Å². The minimum Gasteiger partial charge on any atom is -0.0665 e. The first-order chi connectivity index (χ1) is 13.8. The zero-order valence-corrected chi connectivity index (χ0v) is 18.1. The lowest BCUT2D eigenvalue weighted by Gasteiger charge is -2.39. The van der Waals surface area contributed by atoms with Crippen molar-refractivity contribution in [3.8, 4) is 0 Å². The summed E-state index contributed by atoms with van der Waals surface area (Å²) in [5, 5.41) is 6.45. The van der Waals surface area contributed by atoms with E-state index in [1.165, 1.54) is 20.7 Å². The van der Waals surface area contributed by atoms with E-state index in [9.17, 15) is 0 Å². The molecule has 28 heavy (non-hydrogen) atoms. The molecule has 1 unspecified atom stereocenters. The molecule has 0 saturated carbocycles. The molecule has 0 fully saturated rings. The van der Waals surface area contributed by atoms with Gasteiger partial charge in [-0.05, 0) is 20.7 Å². The highest BCUT2D eigenvalue weighted by Gasteiger charge is 2.44. The van der Waals surface area contributed by atoms with Crippen LogP contribution in [0.2, 0.25) is 5.16 Å². The Morgan fingerprint density at radius 2 is 0.821 bits per heavy atom. The van der Waals surface area contributed by atoms with Crippen LogP contribution in [0.4, 0.5) is 0 Å². The van der Waals surface area contributed by atoms with Crippen LogP contribution in [-0.2, 0) is 0 Å². The van der Waals surface area contributed by atoms with Crippen molar-refractivity contribution in [2.45, 2.75) is 12.1 Å². The quantitative estimate of drug-likeness (QED) is 0.348. The van der Waals surface area contributed by atoms with E-state index >= 15 is 0 Å². The van der Waals surface area contributed by atoms with Gasteiger partial charge in [0.05, 0.1) is 9.52 Å². The molecule has 0 aromatic heterocycles.